The van der Waals surface area contributed by atoms with Crippen molar-refractivity contribution in [2.45, 2.75) is 6.42 Å². The molecule has 0 saturated carbocycles. The SMILES string of the molecule is CN(C(=O)Cc1ccc(N)cc1)c1ccccc1C#N. The van der Waals surface area contributed by atoms with Gasteiger partial charge in [-0.25, -0.2) is 0 Å². The van der Waals surface area contributed by atoms with Gasteiger partial charge in [-0.05, 0) is 29.8 Å². The van der Waals surface area contributed by atoms with Crippen LogP contribution in [-0.4, -0.2) is 13.0 Å². The second-order valence-corrected chi connectivity index (χ2v) is 4.50. The number of nitrogens with two attached hydrogens (primary N) is 1. The summed E-state index contributed by atoms with van der Waals surface area (Å²) >= 11 is 0. The van der Waals surface area contributed by atoms with Gasteiger partial charge >= 0.3 is 0 Å². The summed E-state index contributed by atoms with van der Waals surface area (Å²) in [7, 11) is 1.68. The number of nitrogens with zero attached hydrogens (tertiary/aromatic N) is 2. The molecule has 0 aliphatic rings. The fourth-order valence-corrected chi connectivity index (χ4v) is 1.92. The maximum atomic E-state index is 12.3. The van der Waals surface area contributed by atoms with Gasteiger partial charge in [0.2, 0.25) is 5.91 Å². The summed E-state index contributed by atoms with van der Waals surface area (Å²) in [6, 6.07) is 16.3. The second kappa shape index (κ2) is 5.89. The van der Waals surface area contributed by atoms with Crippen LogP contribution in [0.3, 0.4) is 0 Å². The van der Waals surface area contributed by atoms with Gasteiger partial charge in [-0.3, -0.25) is 4.79 Å². The number of likely N-dealkylation sites (N-methyl/N-ethyl adjacent to an activating group) is 1. The number of carbonyl (C=O) groups excluding carboxylic acids is 1. The Morgan fingerprint density at radius 2 is 1.85 bits per heavy atom. The first kappa shape index (κ1) is 13.6. The lowest BCUT2D eigenvalue weighted by Crippen LogP contribution is -2.28. The predicted octanol–water partition coefficient (Wildman–Crippen LogP) is 2.35. The van der Waals surface area contributed by atoms with Crippen LogP contribution in [0.25, 0.3) is 0 Å². The molecule has 0 bridgehead atoms. The van der Waals surface area contributed by atoms with Gasteiger partial charge in [-0.1, -0.05) is 24.3 Å². The number of benzene rings is 2. The molecule has 4 nitrogen and oxygen atoms in total. The van der Waals surface area contributed by atoms with E-state index >= 15 is 0 Å². The number of carbonyl (C=O) groups is 1. The van der Waals surface area contributed by atoms with Crippen LogP contribution in [0, 0.1) is 11.3 Å². The third kappa shape index (κ3) is 2.96. The quantitative estimate of drug-likeness (QED) is 0.866. The lowest BCUT2D eigenvalue weighted by Gasteiger charge is -2.18. The van der Waals surface area contributed by atoms with Crippen LogP contribution in [0.15, 0.2) is 48.5 Å². The Morgan fingerprint density at radius 3 is 2.50 bits per heavy atom. The summed E-state index contributed by atoms with van der Waals surface area (Å²) < 4.78 is 0. The van der Waals surface area contributed by atoms with Crippen molar-refractivity contribution < 1.29 is 4.79 Å². The predicted molar refractivity (Wildman–Crippen MR) is 79.1 cm³/mol. The molecule has 0 saturated heterocycles. The van der Waals surface area contributed by atoms with E-state index in [0.717, 1.165) is 5.56 Å². The van der Waals surface area contributed by atoms with E-state index in [2.05, 4.69) is 6.07 Å². The topological polar surface area (TPSA) is 70.1 Å². The first-order chi connectivity index (χ1) is 9.61. The maximum Gasteiger partial charge on any atom is 0.231 e. The van der Waals surface area contributed by atoms with E-state index in [1.807, 2.05) is 18.2 Å². The van der Waals surface area contributed by atoms with E-state index in [4.69, 9.17) is 11.0 Å². The Balaban J connectivity index is 2.17. The molecule has 0 spiro atoms. The van der Waals surface area contributed by atoms with E-state index in [-0.39, 0.29) is 12.3 Å². The van der Waals surface area contributed by atoms with E-state index < -0.39 is 0 Å². The fraction of sp³-hybridized carbons (Fsp3) is 0.125. The van der Waals surface area contributed by atoms with Crippen molar-refractivity contribution in [3.8, 4) is 6.07 Å². The van der Waals surface area contributed by atoms with Crippen LogP contribution in [-0.2, 0) is 11.2 Å². The Hall–Kier alpha value is -2.80. The van der Waals surface area contributed by atoms with Gasteiger partial charge in [0, 0.05) is 12.7 Å². The van der Waals surface area contributed by atoms with Crippen LogP contribution in [0.2, 0.25) is 0 Å². The fourth-order valence-electron chi connectivity index (χ4n) is 1.92. The van der Waals surface area contributed by atoms with Crippen LogP contribution >= 0.6 is 0 Å². The average molecular weight is 265 g/mol. The van der Waals surface area contributed by atoms with Crippen molar-refractivity contribution in [2.24, 2.45) is 0 Å². The molecule has 100 valence electrons. The molecule has 2 aromatic rings. The van der Waals surface area contributed by atoms with Crippen LogP contribution in [0.4, 0.5) is 11.4 Å². The molecule has 0 unspecified atom stereocenters. The largest absolute Gasteiger partial charge is 0.399 e. The molecule has 0 atom stereocenters. The molecular weight excluding hydrogens is 250 g/mol. The van der Waals surface area contributed by atoms with E-state index in [9.17, 15) is 4.79 Å². The second-order valence-electron chi connectivity index (χ2n) is 4.50. The number of hydrogen-bond donors (Lipinski definition) is 1. The summed E-state index contributed by atoms with van der Waals surface area (Å²) in [5, 5.41) is 9.07. The molecule has 2 rings (SSSR count). The minimum atomic E-state index is -0.0718. The van der Waals surface area contributed by atoms with Crippen molar-refractivity contribution in [1.29, 1.82) is 5.26 Å². The summed E-state index contributed by atoms with van der Waals surface area (Å²) in [5.74, 6) is -0.0718. The lowest BCUT2D eigenvalue weighted by molar-refractivity contribution is -0.117. The monoisotopic (exact) mass is 265 g/mol. The summed E-state index contributed by atoms with van der Waals surface area (Å²) in [5.41, 5.74) is 8.29. The zero-order chi connectivity index (χ0) is 14.5. The average Bonchev–Trinajstić information content (AvgIpc) is 2.48. The van der Waals surface area contributed by atoms with E-state index in [1.165, 1.54) is 4.90 Å². The Morgan fingerprint density at radius 1 is 1.20 bits per heavy atom. The first-order valence-electron chi connectivity index (χ1n) is 6.22. The molecule has 2 aromatic carbocycles. The standard InChI is InChI=1S/C16H15N3O/c1-19(15-5-3-2-4-13(15)11-17)16(20)10-12-6-8-14(18)9-7-12/h2-9H,10,18H2,1H3. The highest BCUT2D eigenvalue weighted by atomic mass is 16.2. The highest BCUT2D eigenvalue weighted by Gasteiger charge is 2.14. The molecule has 1 amide bonds. The minimum Gasteiger partial charge on any atom is -0.399 e. The van der Waals surface area contributed by atoms with Crippen molar-refractivity contribution in [3.63, 3.8) is 0 Å². The van der Waals surface area contributed by atoms with Crippen LogP contribution in [0.5, 0.6) is 0 Å². The normalized spacial score (nSPS) is 9.80. The summed E-state index contributed by atoms with van der Waals surface area (Å²) in [4.78, 5) is 13.8. The van der Waals surface area contributed by atoms with Gasteiger partial charge in [0.05, 0.1) is 17.7 Å². The molecule has 20 heavy (non-hydrogen) atoms. The highest BCUT2D eigenvalue weighted by Crippen LogP contribution is 2.19. The van der Waals surface area contributed by atoms with Crippen molar-refractivity contribution in [2.75, 3.05) is 17.7 Å². The Labute approximate surface area is 118 Å². The number of para-hydroxylation sites is 1. The molecule has 2 N–H and O–H groups in total. The number of anilines is 2. The smallest absolute Gasteiger partial charge is 0.231 e. The molecular formula is C16H15N3O. The minimum absolute atomic E-state index is 0.0718. The lowest BCUT2D eigenvalue weighted by atomic mass is 10.1. The molecule has 0 fully saturated rings. The maximum absolute atomic E-state index is 12.3. The number of hydrogen-bond acceptors (Lipinski definition) is 3. The van der Waals surface area contributed by atoms with Gasteiger partial charge in [0.15, 0.2) is 0 Å². The zero-order valence-electron chi connectivity index (χ0n) is 11.2. The third-order valence-corrected chi connectivity index (χ3v) is 3.10. The molecule has 0 heterocycles. The molecule has 0 aliphatic carbocycles. The van der Waals surface area contributed by atoms with Gasteiger partial charge < -0.3 is 10.6 Å². The molecule has 4 heteroatoms. The van der Waals surface area contributed by atoms with Crippen LogP contribution < -0.4 is 10.6 Å². The van der Waals surface area contributed by atoms with E-state index in [0.29, 0.717) is 16.9 Å². The number of amides is 1. The van der Waals surface area contributed by atoms with Crippen molar-refractivity contribution >= 4 is 17.3 Å². The highest BCUT2D eigenvalue weighted by molar-refractivity contribution is 5.95. The van der Waals surface area contributed by atoms with Crippen molar-refractivity contribution in [1.82, 2.24) is 0 Å². The van der Waals surface area contributed by atoms with Gasteiger partial charge in [0.25, 0.3) is 0 Å². The first-order valence-corrected chi connectivity index (χ1v) is 6.22. The summed E-state index contributed by atoms with van der Waals surface area (Å²) in [6.07, 6.45) is 0.274. The third-order valence-electron chi connectivity index (χ3n) is 3.10. The van der Waals surface area contributed by atoms with Crippen molar-refractivity contribution in [3.05, 3.63) is 59.7 Å². The van der Waals surface area contributed by atoms with Gasteiger partial charge in [0.1, 0.15) is 6.07 Å². The van der Waals surface area contributed by atoms with Crippen LogP contribution in [0.1, 0.15) is 11.1 Å². The molecule has 0 aromatic heterocycles. The number of nitrogen functional groups attached to an aromatic ring is 1. The number of rotatable bonds is 3. The van der Waals surface area contributed by atoms with Gasteiger partial charge in [-0.15, -0.1) is 0 Å². The molecule has 0 aliphatic heterocycles. The Bertz CT molecular complexity index is 656. The molecule has 0 radical (unpaired) electrons. The summed E-state index contributed by atoms with van der Waals surface area (Å²) in [6.45, 7) is 0. The Kier molecular flexibility index (Phi) is 4.02. The zero-order valence-corrected chi connectivity index (χ0v) is 11.2. The van der Waals surface area contributed by atoms with Gasteiger partial charge in [-0.2, -0.15) is 5.26 Å². The number of nitriles is 1. The van der Waals surface area contributed by atoms with E-state index in [1.54, 1.807) is 37.4 Å².